The van der Waals surface area contributed by atoms with Gasteiger partial charge in [0, 0.05) is 48.7 Å². The van der Waals surface area contributed by atoms with Crippen molar-refractivity contribution in [3.63, 3.8) is 0 Å². The number of aromatic nitrogens is 3. The summed E-state index contributed by atoms with van der Waals surface area (Å²) in [6, 6.07) is 13.3. The Hall–Kier alpha value is -3.35. The number of carbonyl (C=O) groups is 1. The van der Waals surface area contributed by atoms with E-state index in [0.29, 0.717) is 5.56 Å². The Morgan fingerprint density at radius 1 is 1.21 bits per heavy atom. The van der Waals surface area contributed by atoms with Crippen LogP contribution in [0.25, 0.3) is 11.3 Å². The fraction of sp³-hybridized carbons (Fsp3) is 0.286. The van der Waals surface area contributed by atoms with E-state index in [0.717, 1.165) is 48.8 Å². The standard InChI is InChI=1S/C21H23N5O2/c1-28-18-6-4-15(5-7-18)21(27)23-17-8-11-26(12-9-17)20-13-19(24-25-20)16-3-2-10-22-14-16/h2-7,10,13-14,17H,8-9,11-12H2,1H3,(H,23,27)(H,24,25). The molecular weight excluding hydrogens is 354 g/mol. The molecule has 28 heavy (non-hydrogen) atoms. The first kappa shape index (κ1) is 18.0. The minimum absolute atomic E-state index is 0.0419. The first-order valence-electron chi connectivity index (χ1n) is 9.38. The number of rotatable bonds is 5. The van der Waals surface area contributed by atoms with Gasteiger partial charge in [-0.1, -0.05) is 0 Å². The predicted molar refractivity (Wildman–Crippen MR) is 108 cm³/mol. The number of ether oxygens (including phenoxy) is 1. The number of methoxy groups -OCH3 is 1. The molecule has 0 saturated carbocycles. The Morgan fingerprint density at radius 2 is 2.00 bits per heavy atom. The molecule has 4 rings (SSSR count). The van der Waals surface area contributed by atoms with Gasteiger partial charge in [-0.15, -0.1) is 0 Å². The van der Waals surface area contributed by atoms with E-state index in [-0.39, 0.29) is 11.9 Å². The molecule has 0 radical (unpaired) electrons. The number of pyridine rings is 1. The van der Waals surface area contributed by atoms with Gasteiger partial charge in [-0.05, 0) is 49.2 Å². The topological polar surface area (TPSA) is 83.1 Å². The van der Waals surface area contributed by atoms with Crippen molar-refractivity contribution in [3.8, 4) is 17.0 Å². The summed E-state index contributed by atoms with van der Waals surface area (Å²) in [5.74, 6) is 1.63. The van der Waals surface area contributed by atoms with E-state index >= 15 is 0 Å². The number of H-pyrrole nitrogens is 1. The number of nitrogens with zero attached hydrogens (tertiary/aromatic N) is 3. The van der Waals surface area contributed by atoms with Crippen LogP contribution in [0.15, 0.2) is 54.9 Å². The van der Waals surface area contributed by atoms with Crippen molar-refractivity contribution >= 4 is 11.7 Å². The van der Waals surface area contributed by atoms with Crippen molar-refractivity contribution in [1.29, 1.82) is 0 Å². The molecule has 3 heterocycles. The summed E-state index contributed by atoms with van der Waals surface area (Å²) >= 11 is 0. The molecule has 0 bridgehead atoms. The van der Waals surface area contributed by atoms with E-state index in [1.165, 1.54) is 0 Å². The van der Waals surface area contributed by atoms with Crippen LogP contribution in [-0.2, 0) is 0 Å². The lowest BCUT2D eigenvalue weighted by molar-refractivity contribution is 0.0931. The van der Waals surface area contributed by atoms with Gasteiger partial charge in [0.2, 0.25) is 0 Å². The van der Waals surface area contributed by atoms with E-state index in [9.17, 15) is 4.79 Å². The van der Waals surface area contributed by atoms with Crippen LogP contribution in [0.3, 0.4) is 0 Å². The number of hydrogen-bond acceptors (Lipinski definition) is 5. The molecule has 1 aromatic carbocycles. The third-order valence-electron chi connectivity index (χ3n) is 5.04. The van der Waals surface area contributed by atoms with E-state index in [1.54, 1.807) is 37.6 Å². The van der Waals surface area contributed by atoms with Gasteiger partial charge in [-0.25, -0.2) is 0 Å². The van der Waals surface area contributed by atoms with Crippen LogP contribution < -0.4 is 15.0 Å². The van der Waals surface area contributed by atoms with Crippen molar-refractivity contribution < 1.29 is 9.53 Å². The molecule has 7 heteroatoms. The van der Waals surface area contributed by atoms with Gasteiger partial charge in [0.15, 0.2) is 5.82 Å². The van der Waals surface area contributed by atoms with E-state index in [1.807, 2.05) is 24.4 Å². The average molecular weight is 377 g/mol. The lowest BCUT2D eigenvalue weighted by atomic mass is 10.0. The Morgan fingerprint density at radius 3 is 2.68 bits per heavy atom. The second-order valence-corrected chi connectivity index (χ2v) is 6.84. The lowest BCUT2D eigenvalue weighted by Gasteiger charge is -2.32. The molecule has 0 aliphatic carbocycles. The smallest absolute Gasteiger partial charge is 0.251 e. The Labute approximate surface area is 163 Å². The van der Waals surface area contributed by atoms with Gasteiger partial charge in [0.05, 0.1) is 12.8 Å². The van der Waals surface area contributed by atoms with E-state index < -0.39 is 0 Å². The molecule has 1 aliphatic rings. The lowest BCUT2D eigenvalue weighted by Crippen LogP contribution is -2.44. The average Bonchev–Trinajstić information content (AvgIpc) is 3.25. The highest BCUT2D eigenvalue weighted by Gasteiger charge is 2.23. The van der Waals surface area contributed by atoms with Crippen LogP contribution in [0.1, 0.15) is 23.2 Å². The Bertz CT molecular complexity index is 915. The molecule has 2 aromatic heterocycles. The summed E-state index contributed by atoms with van der Waals surface area (Å²) in [6.07, 6.45) is 5.35. The van der Waals surface area contributed by atoms with E-state index in [2.05, 4.69) is 25.4 Å². The van der Waals surface area contributed by atoms with Crippen LogP contribution in [0.4, 0.5) is 5.82 Å². The summed E-state index contributed by atoms with van der Waals surface area (Å²) in [7, 11) is 1.61. The van der Waals surface area contributed by atoms with Gasteiger partial charge < -0.3 is 15.0 Å². The molecule has 0 unspecified atom stereocenters. The maximum atomic E-state index is 12.4. The van der Waals surface area contributed by atoms with Crippen LogP contribution in [-0.4, -0.2) is 47.3 Å². The summed E-state index contributed by atoms with van der Waals surface area (Å²) < 4.78 is 5.13. The van der Waals surface area contributed by atoms with Crippen molar-refractivity contribution in [1.82, 2.24) is 20.5 Å². The van der Waals surface area contributed by atoms with Crippen LogP contribution in [0.2, 0.25) is 0 Å². The third kappa shape index (κ3) is 3.98. The third-order valence-corrected chi connectivity index (χ3v) is 5.04. The number of carbonyl (C=O) groups excluding carboxylic acids is 1. The van der Waals surface area contributed by atoms with Gasteiger partial charge in [0.1, 0.15) is 5.75 Å². The van der Waals surface area contributed by atoms with Gasteiger partial charge in [0.25, 0.3) is 5.91 Å². The number of benzene rings is 1. The first-order chi connectivity index (χ1) is 13.7. The fourth-order valence-corrected chi connectivity index (χ4v) is 3.41. The zero-order chi connectivity index (χ0) is 19.3. The molecule has 1 aliphatic heterocycles. The number of nitrogens with one attached hydrogen (secondary N) is 2. The molecule has 144 valence electrons. The molecule has 0 atom stereocenters. The fourth-order valence-electron chi connectivity index (χ4n) is 3.41. The zero-order valence-corrected chi connectivity index (χ0v) is 15.8. The van der Waals surface area contributed by atoms with Crippen molar-refractivity contribution in [2.45, 2.75) is 18.9 Å². The summed E-state index contributed by atoms with van der Waals surface area (Å²) in [5.41, 5.74) is 2.62. The number of hydrogen-bond donors (Lipinski definition) is 2. The van der Waals surface area contributed by atoms with Crippen molar-refractivity contribution in [2.75, 3.05) is 25.1 Å². The van der Waals surface area contributed by atoms with Gasteiger partial charge in [-0.2, -0.15) is 5.10 Å². The normalized spacial score (nSPS) is 14.7. The number of anilines is 1. The first-order valence-corrected chi connectivity index (χ1v) is 9.38. The minimum atomic E-state index is -0.0419. The maximum Gasteiger partial charge on any atom is 0.251 e. The number of piperidine rings is 1. The second kappa shape index (κ2) is 8.12. The highest BCUT2D eigenvalue weighted by atomic mass is 16.5. The molecule has 1 amide bonds. The Kier molecular flexibility index (Phi) is 5.23. The summed E-state index contributed by atoms with van der Waals surface area (Å²) in [6.45, 7) is 1.70. The van der Waals surface area contributed by atoms with Crippen LogP contribution in [0, 0.1) is 0 Å². The second-order valence-electron chi connectivity index (χ2n) is 6.84. The van der Waals surface area contributed by atoms with Gasteiger partial charge in [-0.3, -0.25) is 14.9 Å². The molecule has 2 N–H and O–H groups in total. The Balaban J connectivity index is 1.32. The molecule has 1 saturated heterocycles. The molecular formula is C21H23N5O2. The highest BCUT2D eigenvalue weighted by Crippen LogP contribution is 2.23. The predicted octanol–water partition coefficient (Wildman–Crippen LogP) is 2.88. The van der Waals surface area contributed by atoms with Crippen LogP contribution in [0.5, 0.6) is 5.75 Å². The van der Waals surface area contributed by atoms with E-state index in [4.69, 9.17) is 4.74 Å². The number of amides is 1. The highest BCUT2D eigenvalue weighted by molar-refractivity contribution is 5.94. The number of aromatic amines is 1. The van der Waals surface area contributed by atoms with Gasteiger partial charge >= 0.3 is 0 Å². The largest absolute Gasteiger partial charge is 0.497 e. The maximum absolute atomic E-state index is 12.4. The SMILES string of the molecule is COc1ccc(C(=O)NC2CCN(c3cc(-c4cccnc4)[nH]n3)CC2)cc1. The van der Waals surface area contributed by atoms with Crippen molar-refractivity contribution in [3.05, 3.63) is 60.4 Å². The zero-order valence-electron chi connectivity index (χ0n) is 15.8. The molecule has 0 spiro atoms. The summed E-state index contributed by atoms with van der Waals surface area (Å²) in [5, 5.41) is 10.7. The van der Waals surface area contributed by atoms with Crippen LogP contribution >= 0.6 is 0 Å². The summed E-state index contributed by atoms with van der Waals surface area (Å²) in [4.78, 5) is 18.8. The monoisotopic (exact) mass is 377 g/mol. The minimum Gasteiger partial charge on any atom is -0.497 e. The van der Waals surface area contributed by atoms with Crippen molar-refractivity contribution in [2.24, 2.45) is 0 Å². The quantitative estimate of drug-likeness (QED) is 0.714. The molecule has 7 nitrogen and oxygen atoms in total. The molecule has 1 fully saturated rings. The molecule has 3 aromatic rings.